The van der Waals surface area contributed by atoms with Crippen molar-refractivity contribution in [2.75, 3.05) is 0 Å². The van der Waals surface area contributed by atoms with E-state index < -0.39 is 0 Å². The maximum Gasteiger partial charge on any atom is 0.247 e. The van der Waals surface area contributed by atoms with E-state index in [0.717, 1.165) is 25.2 Å². The Labute approximate surface area is 115 Å². The summed E-state index contributed by atoms with van der Waals surface area (Å²) in [6.45, 7) is 6.56. The minimum Gasteiger partial charge on any atom is -0.303 e. The van der Waals surface area contributed by atoms with Crippen LogP contribution in [0.25, 0.3) is 0 Å². The zero-order valence-electron chi connectivity index (χ0n) is 12.3. The van der Waals surface area contributed by atoms with Gasteiger partial charge in [0, 0.05) is 12.1 Å². The molecular weight excluding hydrogens is 240 g/mol. The lowest BCUT2D eigenvalue weighted by Crippen LogP contribution is -2.43. The fourth-order valence-corrected chi connectivity index (χ4v) is 2.76. The molecule has 0 aromatic rings. The summed E-state index contributed by atoms with van der Waals surface area (Å²) >= 11 is 0. The van der Waals surface area contributed by atoms with Gasteiger partial charge in [0.05, 0.1) is 12.5 Å². The summed E-state index contributed by atoms with van der Waals surface area (Å²) in [5, 5.41) is 3.33. The number of nitrogens with zero attached hydrogens (tertiary/aromatic N) is 1. The van der Waals surface area contributed by atoms with E-state index in [9.17, 15) is 9.59 Å². The first-order chi connectivity index (χ1) is 8.99. The third-order valence-corrected chi connectivity index (χ3v) is 4.00. The van der Waals surface area contributed by atoms with Crippen LogP contribution in [0.2, 0.25) is 0 Å². The van der Waals surface area contributed by atoms with Gasteiger partial charge in [-0.2, -0.15) is 0 Å². The predicted octanol–water partition coefficient (Wildman–Crippen LogP) is 2.08. The maximum absolute atomic E-state index is 12.2. The molecule has 0 bridgehead atoms. The van der Waals surface area contributed by atoms with Crippen molar-refractivity contribution in [3.05, 3.63) is 0 Å². The van der Waals surface area contributed by atoms with Crippen LogP contribution in [0.5, 0.6) is 0 Å². The normalized spacial score (nSPS) is 25.5. The highest BCUT2D eigenvalue weighted by Gasteiger charge is 2.46. The van der Waals surface area contributed by atoms with Gasteiger partial charge in [-0.1, -0.05) is 26.7 Å². The second kappa shape index (κ2) is 6.04. The molecule has 4 nitrogen and oxygen atoms in total. The maximum atomic E-state index is 12.2. The number of hydrogen-bond acceptors (Lipinski definition) is 3. The fourth-order valence-electron chi connectivity index (χ4n) is 2.76. The molecule has 2 unspecified atom stereocenters. The summed E-state index contributed by atoms with van der Waals surface area (Å²) in [6, 6.07) is 0.241. The molecule has 1 saturated heterocycles. The molecule has 2 atom stereocenters. The topological polar surface area (TPSA) is 49.4 Å². The van der Waals surface area contributed by atoms with Gasteiger partial charge in [0.2, 0.25) is 11.8 Å². The highest BCUT2D eigenvalue weighted by atomic mass is 16.2. The number of imide groups is 1. The van der Waals surface area contributed by atoms with Crippen molar-refractivity contribution in [3.63, 3.8) is 0 Å². The van der Waals surface area contributed by atoms with Crippen LogP contribution < -0.4 is 5.32 Å². The first kappa shape index (κ1) is 14.5. The molecule has 2 fully saturated rings. The van der Waals surface area contributed by atoms with E-state index in [0.29, 0.717) is 12.5 Å². The summed E-state index contributed by atoms with van der Waals surface area (Å²) in [4.78, 5) is 25.5. The highest BCUT2D eigenvalue weighted by Crippen LogP contribution is 2.31. The summed E-state index contributed by atoms with van der Waals surface area (Å²) in [7, 11) is 0. The van der Waals surface area contributed by atoms with E-state index >= 15 is 0 Å². The van der Waals surface area contributed by atoms with Crippen LogP contribution in [0, 0.1) is 5.92 Å². The molecule has 2 rings (SSSR count). The molecular formula is C15H26N2O2. The number of likely N-dealkylation sites (tertiary alicyclic amines) is 1. The third-order valence-electron chi connectivity index (χ3n) is 4.00. The Kier molecular flexibility index (Phi) is 4.61. The van der Waals surface area contributed by atoms with Crippen LogP contribution in [0.1, 0.15) is 59.3 Å². The minimum atomic E-state index is -0.276. The number of nitrogens with one attached hydrogen (secondary N) is 1. The quantitative estimate of drug-likeness (QED) is 0.718. The predicted molar refractivity (Wildman–Crippen MR) is 74.6 cm³/mol. The van der Waals surface area contributed by atoms with Crippen LogP contribution >= 0.6 is 0 Å². The second-order valence-corrected chi connectivity index (χ2v) is 6.48. The van der Waals surface area contributed by atoms with Crippen LogP contribution in [0.4, 0.5) is 0 Å². The number of hydrogen-bond donors (Lipinski definition) is 1. The Morgan fingerprint density at radius 3 is 2.47 bits per heavy atom. The van der Waals surface area contributed by atoms with E-state index in [2.05, 4.69) is 26.1 Å². The first-order valence-electron chi connectivity index (χ1n) is 7.61. The summed E-state index contributed by atoms with van der Waals surface area (Å²) in [6.07, 6.45) is 5.80. The van der Waals surface area contributed by atoms with E-state index in [4.69, 9.17) is 0 Å². The molecule has 1 saturated carbocycles. The number of carbonyl (C=O) groups excluding carboxylic acids is 2. The van der Waals surface area contributed by atoms with Crippen molar-refractivity contribution < 1.29 is 9.59 Å². The Morgan fingerprint density at radius 1 is 1.21 bits per heavy atom. The fraction of sp³-hybridized carbons (Fsp3) is 0.867. The minimum absolute atomic E-state index is 0.00297. The Hall–Kier alpha value is -0.900. The van der Waals surface area contributed by atoms with Crippen molar-refractivity contribution in [1.82, 2.24) is 10.2 Å². The third kappa shape index (κ3) is 3.78. The van der Waals surface area contributed by atoms with Crippen molar-refractivity contribution in [2.24, 2.45) is 5.92 Å². The molecule has 0 radical (unpaired) electrons. The largest absolute Gasteiger partial charge is 0.303 e. The van der Waals surface area contributed by atoms with Gasteiger partial charge in [0.1, 0.15) is 0 Å². The number of carbonyl (C=O) groups is 2. The van der Waals surface area contributed by atoms with E-state index in [-0.39, 0.29) is 23.9 Å². The van der Waals surface area contributed by atoms with Crippen molar-refractivity contribution in [2.45, 2.75) is 77.4 Å². The molecule has 1 heterocycles. The van der Waals surface area contributed by atoms with Crippen LogP contribution in [0.15, 0.2) is 0 Å². The molecule has 108 valence electrons. The molecule has 1 aliphatic carbocycles. The van der Waals surface area contributed by atoms with Crippen LogP contribution in [-0.2, 0) is 9.59 Å². The molecule has 1 N–H and O–H groups in total. The molecule has 2 amide bonds. The van der Waals surface area contributed by atoms with Gasteiger partial charge in [0.15, 0.2) is 0 Å². The first-order valence-corrected chi connectivity index (χ1v) is 7.61. The molecule has 0 spiro atoms. The Bertz CT molecular complexity index is 350. The molecule has 2 aliphatic rings. The number of rotatable bonds is 7. The highest BCUT2D eigenvalue weighted by molar-refractivity contribution is 6.06. The van der Waals surface area contributed by atoms with Gasteiger partial charge in [-0.05, 0) is 32.1 Å². The van der Waals surface area contributed by atoms with Gasteiger partial charge >= 0.3 is 0 Å². The molecule has 0 aromatic heterocycles. The lowest BCUT2D eigenvalue weighted by molar-refractivity contribution is -0.139. The van der Waals surface area contributed by atoms with Crippen LogP contribution in [0.3, 0.4) is 0 Å². The molecule has 1 aliphatic heterocycles. The van der Waals surface area contributed by atoms with E-state index in [1.165, 1.54) is 17.7 Å². The average molecular weight is 266 g/mol. The summed E-state index contributed by atoms with van der Waals surface area (Å²) in [5.41, 5.74) is 0. The van der Waals surface area contributed by atoms with Gasteiger partial charge in [-0.3, -0.25) is 14.5 Å². The molecule has 4 heteroatoms. The Morgan fingerprint density at radius 2 is 1.89 bits per heavy atom. The summed E-state index contributed by atoms with van der Waals surface area (Å²) in [5.74, 6) is 0.745. The summed E-state index contributed by atoms with van der Waals surface area (Å²) < 4.78 is 0. The lowest BCUT2D eigenvalue weighted by Gasteiger charge is -2.19. The standard InChI is InChI=1S/C15H26N2O2/c1-10(2)5-4-6-11(3)16-13-9-14(18)17(15(13)19)12-7-8-12/h10-13,16H,4-9H2,1-3H3. The lowest BCUT2D eigenvalue weighted by atomic mass is 10.0. The van der Waals surface area contributed by atoms with E-state index in [1.54, 1.807) is 0 Å². The van der Waals surface area contributed by atoms with Crippen molar-refractivity contribution >= 4 is 11.8 Å². The Balaban J connectivity index is 1.76. The zero-order chi connectivity index (χ0) is 14.0. The second-order valence-electron chi connectivity index (χ2n) is 6.48. The van der Waals surface area contributed by atoms with E-state index in [1.807, 2.05) is 0 Å². The van der Waals surface area contributed by atoms with Gasteiger partial charge in [0.25, 0.3) is 0 Å². The zero-order valence-corrected chi connectivity index (χ0v) is 12.3. The smallest absolute Gasteiger partial charge is 0.247 e. The van der Waals surface area contributed by atoms with Crippen molar-refractivity contribution in [3.8, 4) is 0 Å². The average Bonchev–Trinajstić information content (AvgIpc) is 3.08. The van der Waals surface area contributed by atoms with Crippen molar-refractivity contribution in [1.29, 1.82) is 0 Å². The monoisotopic (exact) mass is 266 g/mol. The number of amides is 2. The van der Waals surface area contributed by atoms with Gasteiger partial charge < -0.3 is 5.32 Å². The molecule has 19 heavy (non-hydrogen) atoms. The van der Waals surface area contributed by atoms with Crippen LogP contribution in [-0.4, -0.2) is 34.8 Å². The van der Waals surface area contributed by atoms with Gasteiger partial charge in [-0.25, -0.2) is 0 Å². The SMILES string of the molecule is CC(C)CCCC(C)NC1CC(=O)N(C2CC2)C1=O. The molecule has 0 aromatic carbocycles. The van der Waals surface area contributed by atoms with Gasteiger partial charge in [-0.15, -0.1) is 0 Å².